The topological polar surface area (TPSA) is 56.0 Å². The normalized spacial score (nSPS) is 10.2. The minimum absolute atomic E-state index is 0.142. The van der Waals surface area contributed by atoms with Crippen molar-refractivity contribution in [3.63, 3.8) is 0 Å². The van der Waals surface area contributed by atoms with E-state index in [-0.39, 0.29) is 11.3 Å². The van der Waals surface area contributed by atoms with Gasteiger partial charge in [0.05, 0.1) is 10.6 Å². The molecule has 5 heteroatoms. The number of aryl methyl sites for hydroxylation is 1. The fourth-order valence-corrected chi connectivity index (χ4v) is 1.51. The van der Waals surface area contributed by atoms with E-state index in [1.807, 2.05) is 6.92 Å². The average Bonchev–Trinajstić information content (AvgIpc) is 2.29. The molecule has 0 spiro atoms. The van der Waals surface area contributed by atoms with Gasteiger partial charge in [-0.2, -0.15) is 0 Å². The molecule has 2 aromatic rings. The second kappa shape index (κ2) is 4.29. The molecule has 0 amide bonds. The van der Waals surface area contributed by atoms with E-state index in [1.54, 1.807) is 18.3 Å². The molecule has 0 atom stereocenters. The smallest absolute Gasteiger partial charge is 0.258 e. The molecular formula is C12H9FN2O2. The molecule has 1 heterocycles. The van der Waals surface area contributed by atoms with Gasteiger partial charge in [0, 0.05) is 23.9 Å². The zero-order valence-electron chi connectivity index (χ0n) is 9.05. The third kappa shape index (κ3) is 2.28. The summed E-state index contributed by atoms with van der Waals surface area (Å²) in [7, 11) is 0. The standard InChI is InChI=1S/C12H9FN2O2/c1-8-4-5-14-12(6-8)10-7-9(15(16)17)2-3-11(10)13/h2-7H,1H3. The van der Waals surface area contributed by atoms with Crippen molar-refractivity contribution in [3.8, 4) is 11.3 Å². The van der Waals surface area contributed by atoms with E-state index in [2.05, 4.69) is 4.98 Å². The number of non-ortho nitro benzene ring substituents is 1. The second-order valence-electron chi connectivity index (χ2n) is 3.64. The monoisotopic (exact) mass is 232 g/mol. The lowest BCUT2D eigenvalue weighted by Crippen LogP contribution is -1.93. The van der Waals surface area contributed by atoms with Crippen LogP contribution in [0.25, 0.3) is 11.3 Å². The summed E-state index contributed by atoms with van der Waals surface area (Å²) in [6.45, 7) is 1.85. The van der Waals surface area contributed by atoms with Gasteiger partial charge >= 0.3 is 0 Å². The second-order valence-corrected chi connectivity index (χ2v) is 3.64. The molecule has 17 heavy (non-hydrogen) atoms. The SMILES string of the molecule is Cc1ccnc(-c2cc([N+](=O)[O-])ccc2F)c1. The molecule has 0 fully saturated rings. The molecule has 0 saturated heterocycles. The molecule has 1 aromatic heterocycles. The molecule has 1 aromatic carbocycles. The van der Waals surface area contributed by atoms with Crippen molar-refractivity contribution in [2.24, 2.45) is 0 Å². The zero-order chi connectivity index (χ0) is 12.4. The number of rotatable bonds is 2. The highest BCUT2D eigenvalue weighted by atomic mass is 19.1. The number of halogens is 1. The number of hydrogen-bond donors (Lipinski definition) is 0. The largest absolute Gasteiger partial charge is 0.270 e. The fourth-order valence-electron chi connectivity index (χ4n) is 1.51. The molecule has 0 aliphatic carbocycles. The Morgan fingerprint density at radius 2 is 2.06 bits per heavy atom. The van der Waals surface area contributed by atoms with E-state index in [9.17, 15) is 14.5 Å². The van der Waals surface area contributed by atoms with Gasteiger partial charge in [0.1, 0.15) is 5.82 Å². The molecule has 0 bridgehead atoms. The highest BCUT2D eigenvalue weighted by Crippen LogP contribution is 2.25. The summed E-state index contributed by atoms with van der Waals surface area (Å²) >= 11 is 0. The highest BCUT2D eigenvalue weighted by molar-refractivity contribution is 5.63. The maximum absolute atomic E-state index is 13.6. The first-order valence-corrected chi connectivity index (χ1v) is 4.95. The van der Waals surface area contributed by atoms with Crippen LogP contribution in [0.15, 0.2) is 36.5 Å². The van der Waals surface area contributed by atoms with E-state index in [1.165, 1.54) is 6.07 Å². The van der Waals surface area contributed by atoms with Crippen molar-refractivity contribution in [2.45, 2.75) is 6.92 Å². The third-order valence-corrected chi connectivity index (χ3v) is 2.35. The van der Waals surface area contributed by atoms with Crippen LogP contribution in [0.3, 0.4) is 0 Å². The van der Waals surface area contributed by atoms with Gasteiger partial charge in [-0.1, -0.05) is 0 Å². The number of nitro groups is 1. The summed E-state index contributed by atoms with van der Waals surface area (Å²) < 4.78 is 13.6. The summed E-state index contributed by atoms with van der Waals surface area (Å²) in [6, 6.07) is 6.87. The third-order valence-electron chi connectivity index (χ3n) is 2.35. The Morgan fingerprint density at radius 3 is 2.71 bits per heavy atom. The van der Waals surface area contributed by atoms with Crippen molar-refractivity contribution < 1.29 is 9.31 Å². The van der Waals surface area contributed by atoms with Crippen molar-refractivity contribution in [3.05, 3.63) is 58.0 Å². The number of hydrogen-bond acceptors (Lipinski definition) is 3. The van der Waals surface area contributed by atoms with Crippen molar-refractivity contribution >= 4 is 5.69 Å². The fraction of sp³-hybridized carbons (Fsp3) is 0.0833. The molecule has 2 rings (SSSR count). The Bertz CT molecular complexity index is 584. The summed E-state index contributed by atoms with van der Waals surface area (Å²) in [5.74, 6) is -0.520. The highest BCUT2D eigenvalue weighted by Gasteiger charge is 2.13. The first-order valence-electron chi connectivity index (χ1n) is 4.95. The Kier molecular flexibility index (Phi) is 2.82. The van der Waals surface area contributed by atoms with Crippen LogP contribution in [-0.4, -0.2) is 9.91 Å². The van der Waals surface area contributed by atoms with E-state index >= 15 is 0 Å². The zero-order valence-corrected chi connectivity index (χ0v) is 9.05. The predicted molar refractivity (Wildman–Crippen MR) is 61.0 cm³/mol. The molecule has 0 unspecified atom stereocenters. The number of pyridine rings is 1. The Labute approximate surface area is 96.9 Å². The van der Waals surface area contributed by atoms with Crippen LogP contribution < -0.4 is 0 Å². The molecule has 0 aliphatic heterocycles. The first-order chi connectivity index (χ1) is 8.08. The lowest BCUT2D eigenvalue weighted by atomic mass is 10.1. The van der Waals surface area contributed by atoms with E-state index < -0.39 is 10.7 Å². The summed E-state index contributed by atoms with van der Waals surface area (Å²) in [5.41, 5.74) is 1.31. The van der Waals surface area contributed by atoms with Crippen molar-refractivity contribution in [2.75, 3.05) is 0 Å². The van der Waals surface area contributed by atoms with Gasteiger partial charge < -0.3 is 0 Å². The van der Waals surface area contributed by atoms with E-state index in [0.717, 1.165) is 17.7 Å². The molecule has 0 aliphatic rings. The van der Waals surface area contributed by atoms with Gasteiger partial charge in [-0.25, -0.2) is 4.39 Å². The summed E-state index contributed by atoms with van der Waals surface area (Å²) in [4.78, 5) is 14.1. The first kappa shape index (κ1) is 11.2. The van der Waals surface area contributed by atoms with Crippen LogP contribution in [-0.2, 0) is 0 Å². The van der Waals surface area contributed by atoms with Crippen LogP contribution in [0.5, 0.6) is 0 Å². The molecule has 4 nitrogen and oxygen atoms in total. The maximum Gasteiger partial charge on any atom is 0.270 e. The number of aromatic nitrogens is 1. The summed E-state index contributed by atoms with van der Waals surface area (Å²) in [6.07, 6.45) is 1.54. The van der Waals surface area contributed by atoms with Gasteiger partial charge in [-0.15, -0.1) is 0 Å². The Hall–Kier alpha value is -2.30. The van der Waals surface area contributed by atoms with Gasteiger partial charge in [0.15, 0.2) is 0 Å². The Balaban J connectivity index is 2.58. The quantitative estimate of drug-likeness (QED) is 0.590. The average molecular weight is 232 g/mol. The van der Waals surface area contributed by atoms with E-state index in [4.69, 9.17) is 0 Å². The van der Waals surface area contributed by atoms with Crippen molar-refractivity contribution in [1.82, 2.24) is 4.98 Å². The van der Waals surface area contributed by atoms with Gasteiger partial charge in [-0.05, 0) is 30.7 Å². The van der Waals surface area contributed by atoms with Crippen molar-refractivity contribution in [1.29, 1.82) is 0 Å². The molecule has 0 N–H and O–H groups in total. The minimum atomic E-state index is -0.557. The van der Waals surface area contributed by atoms with Gasteiger partial charge in [0.2, 0.25) is 0 Å². The molecule has 86 valence electrons. The number of benzene rings is 1. The predicted octanol–water partition coefficient (Wildman–Crippen LogP) is 3.10. The van der Waals surface area contributed by atoms with Crippen LogP contribution in [0.4, 0.5) is 10.1 Å². The number of nitrogens with zero attached hydrogens (tertiary/aromatic N) is 2. The van der Waals surface area contributed by atoms with Crippen LogP contribution in [0, 0.1) is 22.9 Å². The van der Waals surface area contributed by atoms with Gasteiger partial charge in [0.25, 0.3) is 5.69 Å². The summed E-state index contributed by atoms with van der Waals surface area (Å²) in [5, 5.41) is 10.6. The lowest BCUT2D eigenvalue weighted by Gasteiger charge is -2.03. The maximum atomic E-state index is 13.6. The van der Waals surface area contributed by atoms with E-state index in [0.29, 0.717) is 5.69 Å². The number of nitro benzene ring substituents is 1. The minimum Gasteiger partial charge on any atom is -0.258 e. The molecular weight excluding hydrogens is 223 g/mol. The van der Waals surface area contributed by atoms with Gasteiger partial charge in [-0.3, -0.25) is 15.1 Å². The molecule has 0 saturated carbocycles. The van der Waals surface area contributed by atoms with Crippen LogP contribution >= 0.6 is 0 Å². The lowest BCUT2D eigenvalue weighted by molar-refractivity contribution is -0.384. The molecule has 0 radical (unpaired) electrons. The van der Waals surface area contributed by atoms with Crippen LogP contribution in [0.2, 0.25) is 0 Å². The Morgan fingerprint density at radius 1 is 1.29 bits per heavy atom. The van der Waals surface area contributed by atoms with Crippen LogP contribution in [0.1, 0.15) is 5.56 Å².